The fourth-order valence-electron chi connectivity index (χ4n) is 1.92. The van der Waals surface area contributed by atoms with E-state index in [1.54, 1.807) is 24.5 Å². The molecule has 1 aliphatic heterocycles. The van der Waals surface area contributed by atoms with Crippen molar-refractivity contribution < 1.29 is 4.79 Å². The van der Waals surface area contributed by atoms with Crippen LogP contribution in [0.15, 0.2) is 24.5 Å². The van der Waals surface area contributed by atoms with Gasteiger partial charge in [0, 0.05) is 43.8 Å². The maximum Gasteiger partial charge on any atom is 0.321 e. The molecule has 0 aromatic carbocycles. The molecule has 1 aromatic rings. The van der Waals surface area contributed by atoms with Crippen molar-refractivity contribution in [3.05, 3.63) is 24.5 Å². The summed E-state index contributed by atoms with van der Waals surface area (Å²) in [5.41, 5.74) is 0.789. The second-order valence-corrected chi connectivity index (χ2v) is 4.17. The average Bonchev–Trinajstić information content (AvgIpc) is 2.40. The number of carbonyl (C=O) groups is 1. The monoisotopic (exact) mass is 234 g/mol. The van der Waals surface area contributed by atoms with Crippen molar-refractivity contribution in [2.45, 2.75) is 19.4 Å². The summed E-state index contributed by atoms with van der Waals surface area (Å²) < 4.78 is 0. The predicted molar refractivity (Wildman–Crippen MR) is 66.9 cm³/mol. The van der Waals surface area contributed by atoms with Gasteiger partial charge >= 0.3 is 6.03 Å². The Bertz CT molecular complexity index is 368. The lowest BCUT2D eigenvalue weighted by Crippen LogP contribution is -2.53. The maximum absolute atomic E-state index is 12.0. The molecule has 1 saturated heterocycles. The lowest BCUT2D eigenvalue weighted by Gasteiger charge is -2.33. The first-order valence-electron chi connectivity index (χ1n) is 5.99. The number of hydrogen-bond donors (Lipinski definition) is 2. The lowest BCUT2D eigenvalue weighted by atomic mass is 10.2. The summed E-state index contributed by atoms with van der Waals surface area (Å²) >= 11 is 0. The summed E-state index contributed by atoms with van der Waals surface area (Å²) in [6, 6.07) is 3.96. The molecule has 0 aliphatic carbocycles. The molecule has 2 heterocycles. The largest absolute Gasteiger partial charge is 0.322 e. The van der Waals surface area contributed by atoms with E-state index in [1.165, 1.54) is 0 Å². The van der Waals surface area contributed by atoms with Crippen molar-refractivity contribution >= 4 is 11.7 Å². The molecule has 2 N–H and O–H groups in total. The number of amides is 2. The number of aromatic nitrogens is 1. The first kappa shape index (κ1) is 11.9. The van der Waals surface area contributed by atoms with Crippen LogP contribution in [0.4, 0.5) is 10.5 Å². The Labute approximate surface area is 101 Å². The summed E-state index contributed by atoms with van der Waals surface area (Å²) in [6.07, 6.45) is 4.38. The molecule has 0 bridgehead atoms. The Morgan fingerprint density at radius 2 is 2.35 bits per heavy atom. The summed E-state index contributed by atoms with van der Waals surface area (Å²) in [4.78, 5) is 17.8. The molecule has 1 fully saturated rings. The molecular weight excluding hydrogens is 216 g/mol. The van der Waals surface area contributed by atoms with Gasteiger partial charge < -0.3 is 15.5 Å². The van der Waals surface area contributed by atoms with Crippen LogP contribution in [0.25, 0.3) is 0 Å². The third-order valence-corrected chi connectivity index (χ3v) is 2.97. The highest BCUT2D eigenvalue weighted by Crippen LogP contribution is 2.08. The van der Waals surface area contributed by atoms with Crippen molar-refractivity contribution in [2.24, 2.45) is 0 Å². The van der Waals surface area contributed by atoms with E-state index in [0.29, 0.717) is 6.04 Å². The van der Waals surface area contributed by atoms with Crippen LogP contribution in [0, 0.1) is 0 Å². The van der Waals surface area contributed by atoms with Crippen molar-refractivity contribution in [1.29, 1.82) is 0 Å². The zero-order valence-electron chi connectivity index (χ0n) is 10.0. The quantitative estimate of drug-likeness (QED) is 0.811. The van der Waals surface area contributed by atoms with Crippen molar-refractivity contribution in [3.63, 3.8) is 0 Å². The number of piperazine rings is 1. The van der Waals surface area contributed by atoms with Crippen LogP contribution in [0.5, 0.6) is 0 Å². The summed E-state index contributed by atoms with van der Waals surface area (Å²) in [5.74, 6) is 0. The van der Waals surface area contributed by atoms with Crippen LogP contribution in [0.3, 0.4) is 0 Å². The number of pyridine rings is 1. The third-order valence-electron chi connectivity index (χ3n) is 2.97. The fourth-order valence-corrected chi connectivity index (χ4v) is 1.92. The van der Waals surface area contributed by atoms with E-state index < -0.39 is 0 Å². The highest BCUT2D eigenvalue weighted by Gasteiger charge is 2.21. The Morgan fingerprint density at radius 3 is 3.06 bits per heavy atom. The van der Waals surface area contributed by atoms with Gasteiger partial charge in [-0.25, -0.2) is 4.79 Å². The van der Waals surface area contributed by atoms with E-state index in [9.17, 15) is 4.79 Å². The van der Waals surface area contributed by atoms with Gasteiger partial charge in [0.15, 0.2) is 0 Å². The number of nitrogens with zero attached hydrogens (tertiary/aromatic N) is 2. The standard InChI is InChI=1S/C12H18N4O/c1-2-10-9-16(8-7-14-10)12(17)15-11-3-5-13-6-4-11/h3-6,10,14H,2,7-9H2,1H3,(H,13,15,17). The second kappa shape index (κ2) is 5.63. The van der Waals surface area contributed by atoms with Crippen LogP contribution < -0.4 is 10.6 Å². The molecule has 1 unspecified atom stereocenters. The van der Waals surface area contributed by atoms with Crippen molar-refractivity contribution in [1.82, 2.24) is 15.2 Å². The molecule has 1 aromatic heterocycles. The minimum Gasteiger partial charge on any atom is -0.322 e. The molecule has 1 aliphatic rings. The number of rotatable bonds is 2. The highest BCUT2D eigenvalue weighted by molar-refractivity contribution is 5.89. The normalized spacial score (nSPS) is 20.1. The van der Waals surface area contributed by atoms with E-state index in [4.69, 9.17) is 0 Å². The molecule has 17 heavy (non-hydrogen) atoms. The predicted octanol–water partition coefficient (Wildman–Crippen LogP) is 1.30. The van der Waals surface area contributed by atoms with E-state index in [1.807, 2.05) is 4.90 Å². The van der Waals surface area contributed by atoms with Crippen molar-refractivity contribution in [2.75, 3.05) is 25.0 Å². The third kappa shape index (κ3) is 3.17. The van der Waals surface area contributed by atoms with Gasteiger partial charge in [-0.1, -0.05) is 6.92 Å². The number of carbonyl (C=O) groups excluding carboxylic acids is 1. The smallest absolute Gasteiger partial charge is 0.321 e. The van der Waals surface area contributed by atoms with Gasteiger partial charge in [-0.15, -0.1) is 0 Å². The Kier molecular flexibility index (Phi) is 3.93. The first-order chi connectivity index (χ1) is 8.29. The fraction of sp³-hybridized carbons (Fsp3) is 0.500. The molecule has 0 radical (unpaired) electrons. The average molecular weight is 234 g/mol. The summed E-state index contributed by atoms with van der Waals surface area (Å²) in [5, 5.41) is 6.26. The first-order valence-corrected chi connectivity index (χ1v) is 5.99. The van der Waals surface area contributed by atoms with Crippen LogP contribution in [0.1, 0.15) is 13.3 Å². The molecule has 2 rings (SSSR count). The number of anilines is 1. The van der Waals surface area contributed by atoms with Gasteiger partial charge in [0.05, 0.1) is 0 Å². The van der Waals surface area contributed by atoms with E-state index in [-0.39, 0.29) is 6.03 Å². The van der Waals surface area contributed by atoms with Crippen LogP contribution in [-0.2, 0) is 0 Å². The molecule has 0 saturated carbocycles. The maximum atomic E-state index is 12.0. The molecular formula is C12H18N4O. The van der Waals surface area contributed by atoms with E-state index in [0.717, 1.165) is 31.7 Å². The van der Waals surface area contributed by atoms with Gasteiger partial charge in [-0.2, -0.15) is 0 Å². The zero-order valence-corrected chi connectivity index (χ0v) is 10.0. The van der Waals surface area contributed by atoms with Gasteiger partial charge in [-0.05, 0) is 18.6 Å². The molecule has 5 nitrogen and oxygen atoms in total. The highest BCUT2D eigenvalue weighted by atomic mass is 16.2. The van der Waals surface area contributed by atoms with E-state index in [2.05, 4.69) is 22.5 Å². The second-order valence-electron chi connectivity index (χ2n) is 4.17. The SMILES string of the molecule is CCC1CN(C(=O)Nc2ccncc2)CCN1. The Hall–Kier alpha value is -1.62. The molecule has 92 valence electrons. The molecule has 5 heteroatoms. The minimum absolute atomic E-state index is 0.0313. The molecule has 1 atom stereocenters. The van der Waals surface area contributed by atoms with Gasteiger partial charge in [0.2, 0.25) is 0 Å². The molecule has 0 spiro atoms. The van der Waals surface area contributed by atoms with Crippen LogP contribution in [-0.4, -0.2) is 41.6 Å². The zero-order chi connectivity index (χ0) is 12.1. The van der Waals surface area contributed by atoms with Gasteiger partial charge in [0.1, 0.15) is 0 Å². The molecule has 2 amide bonds. The Morgan fingerprint density at radius 1 is 1.59 bits per heavy atom. The number of urea groups is 1. The number of nitrogens with one attached hydrogen (secondary N) is 2. The minimum atomic E-state index is -0.0313. The van der Waals surface area contributed by atoms with E-state index >= 15 is 0 Å². The van der Waals surface area contributed by atoms with Crippen LogP contribution >= 0.6 is 0 Å². The topological polar surface area (TPSA) is 57.3 Å². The van der Waals surface area contributed by atoms with Crippen molar-refractivity contribution in [3.8, 4) is 0 Å². The summed E-state index contributed by atoms with van der Waals surface area (Å²) in [6.45, 7) is 4.52. The van der Waals surface area contributed by atoms with Crippen LogP contribution in [0.2, 0.25) is 0 Å². The Balaban J connectivity index is 1.91. The number of hydrogen-bond acceptors (Lipinski definition) is 3. The lowest BCUT2D eigenvalue weighted by molar-refractivity contribution is 0.188. The van der Waals surface area contributed by atoms with Gasteiger partial charge in [-0.3, -0.25) is 4.98 Å². The van der Waals surface area contributed by atoms with Gasteiger partial charge in [0.25, 0.3) is 0 Å². The summed E-state index contributed by atoms with van der Waals surface area (Å²) in [7, 11) is 0.